The predicted molar refractivity (Wildman–Crippen MR) is 105 cm³/mol. The van der Waals surface area contributed by atoms with Gasteiger partial charge in [-0.2, -0.15) is 0 Å². The van der Waals surface area contributed by atoms with Crippen LogP contribution < -0.4 is 10.6 Å². The standard InChI is InChI=1S/C21H21N5/c22-16-9-12-25(13-10-16)18-5-3-4-15-7-8-17(24-21(15)18)19-14-23-20-6-1-2-11-26(19)20/h1-8,11,14,16H,9-10,12-13,22H2. The van der Waals surface area contributed by atoms with Crippen molar-refractivity contribution in [1.29, 1.82) is 0 Å². The topological polar surface area (TPSA) is 59.5 Å². The van der Waals surface area contributed by atoms with Gasteiger partial charge in [-0.05, 0) is 37.1 Å². The van der Waals surface area contributed by atoms with Crippen molar-refractivity contribution in [3.05, 3.63) is 60.9 Å². The van der Waals surface area contributed by atoms with Crippen LogP contribution in [-0.4, -0.2) is 33.5 Å². The fourth-order valence-corrected chi connectivity index (χ4v) is 3.79. The summed E-state index contributed by atoms with van der Waals surface area (Å²) in [5.74, 6) is 0. The van der Waals surface area contributed by atoms with Gasteiger partial charge in [0.05, 0.1) is 28.8 Å². The Morgan fingerprint density at radius 1 is 0.962 bits per heavy atom. The molecule has 0 aliphatic carbocycles. The molecule has 1 aromatic carbocycles. The zero-order valence-corrected chi connectivity index (χ0v) is 14.5. The summed E-state index contributed by atoms with van der Waals surface area (Å²) in [7, 11) is 0. The fourth-order valence-electron chi connectivity index (χ4n) is 3.79. The number of pyridine rings is 2. The highest BCUT2D eigenvalue weighted by atomic mass is 15.1. The smallest absolute Gasteiger partial charge is 0.137 e. The molecule has 3 aromatic heterocycles. The van der Waals surface area contributed by atoms with Gasteiger partial charge in [0.15, 0.2) is 0 Å². The highest BCUT2D eigenvalue weighted by Crippen LogP contribution is 2.30. The molecule has 4 aromatic rings. The molecule has 0 spiro atoms. The van der Waals surface area contributed by atoms with Crippen molar-refractivity contribution in [2.24, 2.45) is 5.73 Å². The lowest BCUT2D eigenvalue weighted by Crippen LogP contribution is -2.39. The van der Waals surface area contributed by atoms with E-state index in [1.807, 2.05) is 30.6 Å². The Hall–Kier alpha value is -2.92. The van der Waals surface area contributed by atoms with Crippen LogP contribution in [0.2, 0.25) is 0 Å². The maximum absolute atomic E-state index is 6.08. The van der Waals surface area contributed by atoms with Crippen LogP contribution in [0.1, 0.15) is 12.8 Å². The quantitative estimate of drug-likeness (QED) is 0.605. The normalized spacial score (nSPS) is 15.8. The molecule has 0 atom stereocenters. The molecule has 0 bridgehead atoms. The van der Waals surface area contributed by atoms with Crippen LogP contribution in [0, 0.1) is 0 Å². The summed E-state index contributed by atoms with van der Waals surface area (Å²) in [5.41, 5.74) is 11.2. The van der Waals surface area contributed by atoms with Crippen LogP contribution in [0.25, 0.3) is 27.9 Å². The Bertz CT molecular complexity index is 1080. The molecule has 2 N–H and O–H groups in total. The maximum Gasteiger partial charge on any atom is 0.137 e. The van der Waals surface area contributed by atoms with Gasteiger partial charge in [0.2, 0.25) is 0 Å². The van der Waals surface area contributed by atoms with Crippen LogP contribution in [0.3, 0.4) is 0 Å². The number of imidazole rings is 1. The lowest BCUT2D eigenvalue weighted by atomic mass is 10.0. The minimum Gasteiger partial charge on any atom is -0.370 e. The van der Waals surface area contributed by atoms with Crippen LogP contribution in [0.15, 0.2) is 60.9 Å². The van der Waals surface area contributed by atoms with Crippen LogP contribution in [0.5, 0.6) is 0 Å². The molecule has 5 nitrogen and oxygen atoms in total. The first-order valence-electron chi connectivity index (χ1n) is 9.12. The van der Waals surface area contributed by atoms with Gasteiger partial charge in [-0.1, -0.05) is 24.3 Å². The summed E-state index contributed by atoms with van der Waals surface area (Å²) >= 11 is 0. The molecule has 1 aliphatic heterocycles. The van der Waals surface area contributed by atoms with E-state index in [-0.39, 0.29) is 0 Å². The lowest BCUT2D eigenvalue weighted by molar-refractivity contribution is 0.502. The van der Waals surface area contributed by atoms with Crippen molar-refractivity contribution < 1.29 is 0 Å². The number of benzene rings is 1. The summed E-state index contributed by atoms with van der Waals surface area (Å²) < 4.78 is 2.08. The lowest BCUT2D eigenvalue weighted by Gasteiger charge is -2.32. The third-order valence-electron chi connectivity index (χ3n) is 5.26. The molecule has 0 amide bonds. The number of fused-ring (bicyclic) bond motifs is 2. The highest BCUT2D eigenvalue weighted by Gasteiger charge is 2.19. The second-order valence-corrected chi connectivity index (χ2v) is 6.94. The molecular weight excluding hydrogens is 322 g/mol. The Balaban J connectivity index is 1.64. The van der Waals surface area contributed by atoms with Crippen LogP contribution >= 0.6 is 0 Å². The van der Waals surface area contributed by atoms with Crippen LogP contribution in [0.4, 0.5) is 5.69 Å². The number of nitrogens with zero attached hydrogens (tertiary/aromatic N) is 4. The van der Waals surface area contributed by atoms with Gasteiger partial charge >= 0.3 is 0 Å². The van der Waals surface area contributed by atoms with E-state index in [1.165, 1.54) is 5.69 Å². The molecule has 4 heterocycles. The van der Waals surface area contributed by atoms with Gasteiger partial charge in [-0.15, -0.1) is 0 Å². The van der Waals surface area contributed by atoms with E-state index in [4.69, 9.17) is 10.7 Å². The summed E-state index contributed by atoms with van der Waals surface area (Å²) in [4.78, 5) is 11.9. The fraction of sp³-hybridized carbons (Fsp3) is 0.238. The first kappa shape index (κ1) is 15.3. The molecule has 1 fully saturated rings. The number of nitrogens with two attached hydrogens (primary N) is 1. The largest absolute Gasteiger partial charge is 0.370 e. The zero-order chi connectivity index (χ0) is 17.5. The number of piperidine rings is 1. The number of anilines is 1. The van der Waals surface area contributed by atoms with E-state index < -0.39 is 0 Å². The summed E-state index contributed by atoms with van der Waals surface area (Å²) in [6, 6.07) is 17.0. The summed E-state index contributed by atoms with van der Waals surface area (Å²) in [6.07, 6.45) is 5.99. The van der Waals surface area contributed by atoms with E-state index in [0.717, 1.165) is 53.9 Å². The minimum absolute atomic E-state index is 0.322. The SMILES string of the molecule is NC1CCN(c2cccc3ccc(-c4cnc5ccccn45)nc23)CC1. The molecule has 1 saturated heterocycles. The van der Waals surface area contributed by atoms with Gasteiger partial charge in [-0.25, -0.2) is 9.97 Å². The van der Waals surface area contributed by atoms with Crippen molar-refractivity contribution in [3.8, 4) is 11.4 Å². The van der Waals surface area contributed by atoms with Crippen molar-refractivity contribution in [3.63, 3.8) is 0 Å². The predicted octanol–water partition coefficient (Wildman–Crippen LogP) is 3.48. The van der Waals surface area contributed by atoms with E-state index in [0.29, 0.717) is 6.04 Å². The van der Waals surface area contributed by atoms with Gasteiger partial charge in [0.1, 0.15) is 5.65 Å². The molecule has 5 rings (SSSR count). The van der Waals surface area contributed by atoms with Crippen molar-refractivity contribution in [2.45, 2.75) is 18.9 Å². The number of aromatic nitrogens is 3. The van der Waals surface area contributed by atoms with Crippen molar-refractivity contribution in [1.82, 2.24) is 14.4 Å². The third kappa shape index (κ3) is 2.52. The number of hydrogen-bond acceptors (Lipinski definition) is 4. The first-order chi connectivity index (χ1) is 12.8. The molecule has 0 unspecified atom stereocenters. The van der Waals surface area contributed by atoms with Crippen molar-refractivity contribution >= 4 is 22.2 Å². The van der Waals surface area contributed by atoms with E-state index in [2.05, 4.69) is 44.6 Å². The zero-order valence-electron chi connectivity index (χ0n) is 14.5. The van der Waals surface area contributed by atoms with E-state index >= 15 is 0 Å². The molecule has 0 saturated carbocycles. The summed E-state index contributed by atoms with van der Waals surface area (Å²) in [5, 5.41) is 1.16. The van der Waals surface area contributed by atoms with Crippen LogP contribution in [-0.2, 0) is 0 Å². The van der Waals surface area contributed by atoms with E-state index in [1.54, 1.807) is 0 Å². The van der Waals surface area contributed by atoms with Gasteiger partial charge in [-0.3, -0.25) is 4.40 Å². The van der Waals surface area contributed by atoms with Gasteiger partial charge in [0, 0.05) is 30.7 Å². The molecule has 5 heteroatoms. The Kier molecular flexibility index (Phi) is 3.60. The van der Waals surface area contributed by atoms with E-state index in [9.17, 15) is 0 Å². The number of rotatable bonds is 2. The number of para-hydroxylation sites is 1. The first-order valence-corrected chi connectivity index (χ1v) is 9.12. The van der Waals surface area contributed by atoms with Gasteiger partial charge in [0.25, 0.3) is 0 Å². The average molecular weight is 343 g/mol. The number of hydrogen-bond donors (Lipinski definition) is 1. The monoisotopic (exact) mass is 343 g/mol. The Morgan fingerprint density at radius 2 is 1.85 bits per heavy atom. The van der Waals surface area contributed by atoms with Crippen molar-refractivity contribution in [2.75, 3.05) is 18.0 Å². The maximum atomic E-state index is 6.08. The molecule has 26 heavy (non-hydrogen) atoms. The molecule has 0 radical (unpaired) electrons. The Morgan fingerprint density at radius 3 is 2.73 bits per heavy atom. The molecular formula is C21H21N5. The third-order valence-corrected chi connectivity index (χ3v) is 5.26. The molecule has 1 aliphatic rings. The second kappa shape index (κ2) is 6.11. The minimum atomic E-state index is 0.322. The van der Waals surface area contributed by atoms with Gasteiger partial charge < -0.3 is 10.6 Å². The molecule has 130 valence electrons. The average Bonchev–Trinajstić information content (AvgIpc) is 3.12. The Labute approximate surface area is 152 Å². The second-order valence-electron chi connectivity index (χ2n) is 6.94. The highest BCUT2D eigenvalue weighted by molar-refractivity contribution is 5.92. The summed E-state index contributed by atoms with van der Waals surface area (Å²) in [6.45, 7) is 1.98.